The average molecular weight is 415 g/mol. The highest BCUT2D eigenvalue weighted by Gasteiger charge is 2.19. The van der Waals surface area contributed by atoms with E-state index in [4.69, 9.17) is 0 Å². The Morgan fingerprint density at radius 2 is 1.29 bits per heavy atom. The fraction of sp³-hybridized carbons (Fsp3) is 0.160. The molecule has 6 heteroatoms. The lowest BCUT2D eigenvalue weighted by Gasteiger charge is -2.19. The third-order valence-electron chi connectivity index (χ3n) is 4.87. The van der Waals surface area contributed by atoms with E-state index in [1.165, 1.54) is 0 Å². The van der Waals surface area contributed by atoms with E-state index < -0.39 is 17.9 Å². The highest BCUT2D eigenvalue weighted by Crippen LogP contribution is 2.17. The van der Waals surface area contributed by atoms with Crippen LogP contribution in [0.2, 0.25) is 0 Å². The molecule has 0 saturated carbocycles. The van der Waals surface area contributed by atoms with Crippen LogP contribution in [0, 0.1) is 0 Å². The third-order valence-corrected chi connectivity index (χ3v) is 4.87. The van der Waals surface area contributed by atoms with Crippen molar-refractivity contribution in [2.45, 2.75) is 25.8 Å². The molecule has 158 valence electrons. The molecule has 3 rings (SSSR count). The van der Waals surface area contributed by atoms with Crippen LogP contribution in [-0.4, -0.2) is 17.7 Å². The first kappa shape index (κ1) is 21.8. The first-order valence-electron chi connectivity index (χ1n) is 10.2. The van der Waals surface area contributed by atoms with Crippen LogP contribution in [-0.2, 0) is 11.2 Å². The average Bonchev–Trinajstić information content (AvgIpc) is 2.83. The second-order valence-corrected chi connectivity index (χ2v) is 7.06. The number of hydrazine groups is 1. The van der Waals surface area contributed by atoms with E-state index in [1.807, 2.05) is 55.5 Å². The summed E-state index contributed by atoms with van der Waals surface area (Å²) in [5.41, 5.74) is 7.74. The van der Waals surface area contributed by atoms with E-state index in [9.17, 15) is 14.4 Å². The lowest BCUT2D eigenvalue weighted by molar-refractivity contribution is -0.122. The molecule has 0 aliphatic heterocycles. The zero-order chi connectivity index (χ0) is 22.1. The molecule has 6 nitrogen and oxygen atoms in total. The van der Waals surface area contributed by atoms with E-state index >= 15 is 0 Å². The van der Waals surface area contributed by atoms with Crippen molar-refractivity contribution >= 4 is 17.7 Å². The van der Waals surface area contributed by atoms with Gasteiger partial charge in [-0.05, 0) is 41.8 Å². The monoisotopic (exact) mass is 415 g/mol. The van der Waals surface area contributed by atoms with Crippen LogP contribution in [0.3, 0.4) is 0 Å². The van der Waals surface area contributed by atoms with Crippen LogP contribution >= 0.6 is 0 Å². The Hall–Kier alpha value is -3.93. The molecule has 3 aromatic rings. The third kappa shape index (κ3) is 6.27. The number of aryl methyl sites for hydroxylation is 1. The fourth-order valence-electron chi connectivity index (χ4n) is 3.10. The zero-order valence-electron chi connectivity index (χ0n) is 17.3. The van der Waals surface area contributed by atoms with E-state index in [0.29, 0.717) is 11.1 Å². The Kier molecular flexibility index (Phi) is 7.54. The second-order valence-electron chi connectivity index (χ2n) is 7.06. The number of hydrogen-bond acceptors (Lipinski definition) is 3. The summed E-state index contributed by atoms with van der Waals surface area (Å²) in [5.74, 6) is -1.09. The Morgan fingerprint density at radius 1 is 0.710 bits per heavy atom. The van der Waals surface area contributed by atoms with Crippen LogP contribution in [0.1, 0.15) is 51.2 Å². The first-order chi connectivity index (χ1) is 15.1. The van der Waals surface area contributed by atoms with Gasteiger partial charge in [-0.25, -0.2) is 0 Å². The summed E-state index contributed by atoms with van der Waals surface area (Å²) in [4.78, 5) is 37.4. The normalized spacial score (nSPS) is 11.3. The van der Waals surface area contributed by atoms with Gasteiger partial charge in [-0.3, -0.25) is 25.2 Å². The van der Waals surface area contributed by atoms with Crippen molar-refractivity contribution in [2.24, 2.45) is 0 Å². The second kappa shape index (κ2) is 10.7. The SMILES string of the molecule is CCc1ccc(C(=O)NNC(=O)C[C@@H](NC(=O)c2ccccc2)c2ccccc2)cc1. The van der Waals surface area contributed by atoms with Crippen LogP contribution < -0.4 is 16.2 Å². The topological polar surface area (TPSA) is 87.3 Å². The number of amides is 3. The molecular formula is C25H25N3O3. The molecule has 0 fully saturated rings. The predicted octanol–water partition coefficient (Wildman–Crippen LogP) is 3.57. The first-order valence-corrected chi connectivity index (χ1v) is 10.2. The Bertz CT molecular complexity index is 1020. The van der Waals surface area contributed by atoms with Crippen molar-refractivity contribution in [3.8, 4) is 0 Å². The molecule has 0 aliphatic rings. The lowest BCUT2D eigenvalue weighted by Crippen LogP contribution is -2.43. The standard InChI is InChI=1S/C25H25N3O3/c1-2-18-13-15-21(16-14-18)25(31)28-27-23(29)17-22(19-9-5-3-6-10-19)26-24(30)20-11-7-4-8-12-20/h3-16,22H,2,17H2,1H3,(H,26,30)(H,27,29)(H,28,31)/t22-/m1/s1. The molecule has 0 bridgehead atoms. The number of carbonyl (C=O) groups is 3. The van der Waals surface area contributed by atoms with Gasteiger partial charge < -0.3 is 5.32 Å². The molecule has 0 heterocycles. The van der Waals surface area contributed by atoms with Gasteiger partial charge in [-0.2, -0.15) is 0 Å². The van der Waals surface area contributed by atoms with E-state index in [0.717, 1.165) is 17.5 Å². The summed E-state index contributed by atoms with van der Waals surface area (Å²) in [6.07, 6.45) is 0.853. The molecule has 1 atom stereocenters. The number of carbonyl (C=O) groups excluding carboxylic acids is 3. The summed E-state index contributed by atoms with van der Waals surface area (Å²) < 4.78 is 0. The van der Waals surface area contributed by atoms with Gasteiger partial charge in [-0.15, -0.1) is 0 Å². The molecule has 3 amide bonds. The van der Waals surface area contributed by atoms with Gasteiger partial charge in [0.25, 0.3) is 11.8 Å². The smallest absolute Gasteiger partial charge is 0.269 e. The van der Waals surface area contributed by atoms with Crippen LogP contribution in [0.25, 0.3) is 0 Å². The zero-order valence-corrected chi connectivity index (χ0v) is 17.3. The Morgan fingerprint density at radius 3 is 1.90 bits per heavy atom. The van der Waals surface area contributed by atoms with Crippen LogP contribution in [0.15, 0.2) is 84.9 Å². The molecule has 0 spiro atoms. The van der Waals surface area contributed by atoms with Crippen LogP contribution in [0.5, 0.6) is 0 Å². The highest BCUT2D eigenvalue weighted by molar-refractivity contribution is 5.96. The van der Waals surface area contributed by atoms with Crippen molar-refractivity contribution in [1.29, 1.82) is 0 Å². The summed E-state index contributed by atoms with van der Waals surface area (Å²) in [6.45, 7) is 2.04. The molecule has 3 aromatic carbocycles. The number of nitrogens with one attached hydrogen (secondary N) is 3. The summed E-state index contributed by atoms with van der Waals surface area (Å²) >= 11 is 0. The maximum atomic E-state index is 12.6. The molecular weight excluding hydrogens is 390 g/mol. The Balaban J connectivity index is 1.62. The minimum Gasteiger partial charge on any atom is -0.345 e. The molecule has 0 radical (unpaired) electrons. The number of benzene rings is 3. The van der Waals surface area contributed by atoms with E-state index in [-0.39, 0.29) is 12.3 Å². The van der Waals surface area contributed by atoms with Crippen LogP contribution in [0.4, 0.5) is 0 Å². The van der Waals surface area contributed by atoms with Crippen molar-refractivity contribution in [2.75, 3.05) is 0 Å². The highest BCUT2D eigenvalue weighted by atomic mass is 16.2. The summed E-state index contributed by atoms with van der Waals surface area (Å²) in [5, 5.41) is 2.90. The predicted molar refractivity (Wildman–Crippen MR) is 119 cm³/mol. The number of hydrogen-bond donors (Lipinski definition) is 3. The largest absolute Gasteiger partial charge is 0.345 e. The van der Waals surface area contributed by atoms with Gasteiger partial charge in [0.2, 0.25) is 5.91 Å². The minimum absolute atomic E-state index is 0.0301. The summed E-state index contributed by atoms with van der Waals surface area (Å²) in [7, 11) is 0. The van der Waals surface area contributed by atoms with Crippen molar-refractivity contribution in [3.63, 3.8) is 0 Å². The van der Waals surface area contributed by atoms with Gasteiger partial charge in [0.15, 0.2) is 0 Å². The fourth-order valence-corrected chi connectivity index (χ4v) is 3.10. The quantitative estimate of drug-likeness (QED) is 0.516. The number of rotatable bonds is 7. The summed E-state index contributed by atoms with van der Waals surface area (Å²) in [6, 6.07) is 24.7. The Labute approximate surface area is 181 Å². The molecule has 0 unspecified atom stereocenters. The van der Waals surface area contributed by atoms with E-state index in [1.54, 1.807) is 36.4 Å². The van der Waals surface area contributed by atoms with Gasteiger partial charge in [0.1, 0.15) is 0 Å². The molecule has 0 aromatic heterocycles. The molecule has 0 aliphatic carbocycles. The van der Waals surface area contributed by atoms with Crippen molar-refractivity contribution < 1.29 is 14.4 Å². The van der Waals surface area contributed by atoms with Gasteiger partial charge >= 0.3 is 0 Å². The molecule has 3 N–H and O–H groups in total. The van der Waals surface area contributed by atoms with E-state index in [2.05, 4.69) is 16.2 Å². The molecule has 0 saturated heterocycles. The maximum Gasteiger partial charge on any atom is 0.269 e. The van der Waals surface area contributed by atoms with Crippen molar-refractivity contribution in [3.05, 3.63) is 107 Å². The maximum absolute atomic E-state index is 12.6. The van der Waals surface area contributed by atoms with Gasteiger partial charge in [-0.1, -0.05) is 67.6 Å². The molecule has 31 heavy (non-hydrogen) atoms. The van der Waals surface area contributed by atoms with Gasteiger partial charge in [0.05, 0.1) is 12.5 Å². The van der Waals surface area contributed by atoms with Gasteiger partial charge in [0, 0.05) is 11.1 Å². The lowest BCUT2D eigenvalue weighted by atomic mass is 10.0. The minimum atomic E-state index is -0.547. The van der Waals surface area contributed by atoms with Crippen molar-refractivity contribution in [1.82, 2.24) is 16.2 Å².